The van der Waals surface area contributed by atoms with E-state index in [0.29, 0.717) is 5.71 Å². The largest absolute Gasteiger partial charge is 0.481 e. The van der Waals surface area contributed by atoms with Crippen LogP contribution in [0, 0.1) is 11.3 Å². The van der Waals surface area contributed by atoms with Crippen molar-refractivity contribution < 1.29 is 14.7 Å². The first-order chi connectivity index (χ1) is 6.50. The Labute approximate surface area is 82.2 Å². The third-order valence-corrected chi connectivity index (χ3v) is 2.44. The molecule has 1 aliphatic carbocycles. The van der Waals surface area contributed by atoms with Crippen LogP contribution in [0.1, 0.15) is 13.8 Å². The molecule has 4 heteroatoms. The smallest absolute Gasteiger partial charge is 0.310 e. The lowest BCUT2D eigenvalue weighted by Crippen LogP contribution is -2.37. The second-order valence-corrected chi connectivity index (χ2v) is 3.77. The Kier molecular flexibility index (Phi) is 2.68. The van der Waals surface area contributed by atoms with Gasteiger partial charge in [0.1, 0.15) is 0 Å². The van der Waals surface area contributed by atoms with Gasteiger partial charge in [-0.05, 0) is 13.8 Å². The Hall–Kier alpha value is -1.67. The summed E-state index contributed by atoms with van der Waals surface area (Å²) in [6.07, 6.45) is 6.80. The number of aliphatic carboxylic acids is 1. The topological polar surface area (TPSA) is 73.7 Å². The summed E-state index contributed by atoms with van der Waals surface area (Å²) in [6, 6.07) is 0. The maximum atomic E-state index is 11.0. The molecule has 0 bridgehead atoms. The van der Waals surface area contributed by atoms with Gasteiger partial charge in [0.25, 0.3) is 5.71 Å². The molecule has 0 aromatic rings. The van der Waals surface area contributed by atoms with Crippen molar-refractivity contribution in [2.45, 2.75) is 13.8 Å². The number of carboxylic acids is 1. The van der Waals surface area contributed by atoms with E-state index >= 15 is 0 Å². The van der Waals surface area contributed by atoms with E-state index in [2.05, 4.69) is 4.79 Å². The molecule has 0 heterocycles. The molecular weight excluding hydrogens is 180 g/mol. The maximum Gasteiger partial charge on any atom is 0.310 e. The van der Waals surface area contributed by atoms with Gasteiger partial charge in [0.05, 0.1) is 11.3 Å². The average Bonchev–Trinajstić information content (AvgIpc) is 2.17. The third-order valence-electron chi connectivity index (χ3n) is 2.44. The Morgan fingerprint density at radius 2 is 2.21 bits per heavy atom. The predicted molar refractivity (Wildman–Crippen MR) is 51.8 cm³/mol. The SMILES string of the molecule is CC(C)(C(=O)O)C1C=CC=CC1=[N+]=[N-]. The minimum atomic E-state index is -0.969. The van der Waals surface area contributed by atoms with Crippen LogP contribution >= 0.6 is 0 Å². The number of carboxylic acid groups (broad SMARTS) is 1. The summed E-state index contributed by atoms with van der Waals surface area (Å²) in [5.41, 5.74) is 8.12. The highest BCUT2D eigenvalue weighted by Gasteiger charge is 2.42. The summed E-state index contributed by atoms with van der Waals surface area (Å²) in [5.74, 6) is -1.31. The number of hydrogen-bond donors (Lipinski definition) is 1. The van der Waals surface area contributed by atoms with Gasteiger partial charge in [0.15, 0.2) is 0 Å². The highest BCUT2D eigenvalue weighted by atomic mass is 16.4. The summed E-state index contributed by atoms with van der Waals surface area (Å²) in [7, 11) is 0. The minimum Gasteiger partial charge on any atom is -0.481 e. The summed E-state index contributed by atoms with van der Waals surface area (Å²) < 4.78 is 0. The Morgan fingerprint density at radius 3 is 2.71 bits per heavy atom. The minimum absolute atomic E-state index is 0.375. The monoisotopic (exact) mass is 192 g/mol. The summed E-state index contributed by atoms with van der Waals surface area (Å²) >= 11 is 0. The molecule has 0 amide bonds. The molecule has 0 aromatic heterocycles. The molecule has 0 aliphatic heterocycles. The fraction of sp³-hybridized carbons (Fsp3) is 0.400. The molecule has 0 fully saturated rings. The van der Waals surface area contributed by atoms with Gasteiger partial charge in [-0.15, -0.1) is 0 Å². The molecule has 1 unspecified atom stereocenters. The first kappa shape index (κ1) is 10.4. The van der Waals surface area contributed by atoms with Crippen LogP contribution < -0.4 is 0 Å². The Morgan fingerprint density at radius 1 is 1.57 bits per heavy atom. The van der Waals surface area contributed by atoms with Crippen molar-refractivity contribution in [3.8, 4) is 0 Å². The van der Waals surface area contributed by atoms with Crippen LogP contribution in [0.4, 0.5) is 0 Å². The fourth-order valence-corrected chi connectivity index (χ4v) is 1.37. The van der Waals surface area contributed by atoms with Crippen molar-refractivity contribution in [2.75, 3.05) is 0 Å². The number of nitrogens with zero attached hydrogens (tertiary/aromatic N) is 2. The molecule has 14 heavy (non-hydrogen) atoms. The normalized spacial score (nSPS) is 20.7. The second kappa shape index (κ2) is 3.60. The van der Waals surface area contributed by atoms with Gasteiger partial charge in [-0.25, -0.2) is 0 Å². The van der Waals surface area contributed by atoms with Gasteiger partial charge in [0, 0.05) is 6.08 Å². The van der Waals surface area contributed by atoms with E-state index in [1.165, 1.54) is 0 Å². The van der Waals surface area contributed by atoms with Crippen molar-refractivity contribution in [1.82, 2.24) is 0 Å². The van der Waals surface area contributed by atoms with E-state index in [9.17, 15) is 4.79 Å². The number of carbonyl (C=O) groups is 1. The molecule has 74 valence electrons. The molecular formula is C10H12N2O2. The van der Waals surface area contributed by atoms with Crippen LogP contribution in [-0.2, 0) is 4.79 Å². The number of hydrogen-bond acceptors (Lipinski definition) is 1. The lowest BCUT2D eigenvalue weighted by Gasteiger charge is -2.24. The molecule has 0 radical (unpaired) electrons. The molecule has 1 atom stereocenters. The Bertz CT molecular complexity index is 360. The van der Waals surface area contributed by atoms with E-state index in [0.717, 1.165) is 0 Å². The predicted octanol–water partition coefficient (Wildman–Crippen LogP) is 1.51. The molecule has 4 nitrogen and oxygen atoms in total. The van der Waals surface area contributed by atoms with Crippen molar-refractivity contribution in [3.63, 3.8) is 0 Å². The van der Waals surface area contributed by atoms with E-state index in [1.54, 1.807) is 38.2 Å². The van der Waals surface area contributed by atoms with Gasteiger partial charge in [-0.3, -0.25) is 4.79 Å². The highest BCUT2D eigenvalue weighted by molar-refractivity contribution is 5.98. The molecule has 0 saturated carbocycles. The molecule has 0 spiro atoms. The zero-order valence-electron chi connectivity index (χ0n) is 8.14. The van der Waals surface area contributed by atoms with Gasteiger partial charge in [0.2, 0.25) is 0 Å². The number of allylic oxidation sites excluding steroid dienone is 4. The fourth-order valence-electron chi connectivity index (χ4n) is 1.37. The van der Waals surface area contributed by atoms with Crippen molar-refractivity contribution >= 4 is 11.7 Å². The van der Waals surface area contributed by atoms with Crippen molar-refractivity contribution in [2.24, 2.45) is 11.3 Å². The van der Waals surface area contributed by atoms with Crippen LogP contribution in [0.25, 0.3) is 5.53 Å². The third kappa shape index (κ3) is 1.65. The van der Waals surface area contributed by atoms with E-state index in [1.807, 2.05) is 0 Å². The lowest BCUT2D eigenvalue weighted by atomic mass is 9.74. The first-order valence-electron chi connectivity index (χ1n) is 4.30. The van der Waals surface area contributed by atoms with Gasteiger partial charge >= 0.3 is 5.97 Å². The van der Waals surface area contributed by atoms with Crippen LogP contribution in [0.5, 0.6) is 0 Å². The number of rotatable bonds is 2. The lowest BCUT2D eigenvalue weighted by molar-refractivity contribution is -0.148. The van der Waals surface area contributed by atoms with Crippen LogP contribution in [0.15, 0.2) is 24.3 Å². The van der Waals surface area contributed by atoms with Gasteiger partial charge < -0.3 is 10.6 Å². The van der Waals surface area contributed by atoms with Gasteiger partial charge in [-0.2, -0.15) is 4.79 Å². The molecule has 0 aromatic carbocycles. The second-order valence-electron chi connectivity index (χ2n) is 3.77. The summed E-state index contributed by atoms with van der Waals surface area (Å²) in [6.45, 7) is 3.21. The average molecular weight is 192 g/mol. The van der Waals surface area contributed by atoms with E-state index < -0.39 is 17.3 Å². The highest BCUT2D eigenvalue weighted by Crippen LogP contribution is 2.30. The van der Waals surface area contributed by atoms with Crippen LogP contribution in [-0.4, -0.2) is 21.6 Å². The van der Waals surface area contributed by atoms with E-state index in [-0.39, 0.29) is 0 Å². The van der Waals surface area contributed by atoms with Crippen LogP contribution in [0.3, 0.4) is 0 Å². The maximum absolute atomic E-state index is 11.0. The van der Waals surface area contributed by atoms with Crippen molar-refractivity contribution in [3.05, 3.63) is 29.8 Å². The molecule has 1 aliphatic rings. The van der Waals surface area contributed by atoms with Crippen molar-refractivity contribution in [1.29, 1.82) is 0 Å². The summed E-state index contributed by atoms with van der Waals surface area (Å²) in [4.78, 5) is 14.1. The first-order valence-corrected chi connectivity index (χ1v) is 4.30. The standard InChI is InChI=1S/C10H12N2O2/c1-10(2,9(13)14)7-5-3-4-6-8(7)12-11/h3-7H,1-2H3,(H,13,14). The molecule has 0 saturated heterocycles. The quantitative estimate of drug-likeness (QED) is 0.532. The molecule has 1 N–H and O–H groups in total. The zero-order valence-corrected chi connectivity index (χ0v) is 8.14. The van der Waals surface area contributed by atoms with E-state index in [4.69, 9.17) is 10.6 Å². The summed E-state index contributed by atoms with van der Waals surface area (Å²) in [5, 5.41) is 9.01. The van der Waals surface area contributed by atoms with Crippen LogP contribution in [0.2, 0.25) is 0 Å². The molecule has 1 rings (SSSR count). The van der Waals surface area contributed by atoms with Gasteiger partial charge in [-0.1, -0.05) is 18.2 Å². The Balaban J connectivity index is 3.09. The zero-order chi connectivity index (χ0) is 10.8.